The summed E-state index contributed by atoms with van der Waals surface area (Å²) in [6.07, 6.45) is -11.3. The third-order valence-corrected chi connectivity index (χ3v) is 15.2. The predicted molar refractivity (Wildman–Crippen MR) is 69.8 cm³/mol. The number of hydrogen-bond acceptors (Lipinski definition) is 3. The third kappa shape index (κ3) is 7.10. The van der Waals surface area contributed by atoms with Crippen LogP contribution in [0.4, 0.5) is 26.3 Å². The molecule has 0 aromatic carbocycles. The Balaban J connectivity index is 2.84. The summed E-state index contributed by atoms with van der Waals surface area (Å²) in [6, 6.07) is -1.06. The first-order chi connectivity index (χ1) is 9.54. The fraction of sp³-hybridized carbons (Fsp3) is 1.00. The fourth-order valence-corrected chi connectivity index (χ4v) is 16.9. The summed E-state index contributed by atoms with van der Waals surface area (Å²) in [5.41, 5.74) is 0. The molecule has 4 nitrogen and oxygen atoms in total. The van der Waals surface area contributed by atoms with Crippen molar-refractivity contribution in [2.45, 2.75) is 56.9 Å². The number of halogens is 6. The molecule has 1 heterocycles. The summed E-state index contributed by atoms with van der Waals surface area (Å²) in [5, 5.41) is 0. The van der Waals surface area contributed by atoms with Crippen LogP contribution in [-0.2, 0) is 17.1 Å². The summed E-state index contributed by atoms with van der Waals surface area (Å²) in [7, 11) is -11.1. The molecule has 2 unspecified atom stereocenters. The van der Waals surface area contributed by atoms with Gasteiger partial charge in [-0.15, -0.1) is 0 Å². The number of hydrogen-bond donors (Lipinski definition) is 0. The normalized spacial score (nSPS) is 37.4. The molecule has 131 valence electrons. The zero-order valence-corrected chi connectivity index (χ0v) is 15.2. The van der Waals surface area contributed by atoms with Gasteiger partial charge in [0.2, 0.25) is 0 Å². The minimum Gasteiger partial charge on any atom is -0.415 e. The van der Waals surface area contributed by atoms with Crippen molar-refractivity contribution in [1.82, 2.24) is 0 Å². The Morgan fingerprint density at radius 1 is 0.727 bits per heavy atom. The Labute approximate surface area is 127 Å². The second-order valence-electron chi connectivity index (χ2n) is 5.67. The molecule has 0 N–H and O–H groups in total. The molecule has 1 rings (SSSR count). The van der Waals surface area contributed by atoms with E-state index in [1.165, 1.54) is 13.1 Å². The number of alkyl halides is 6. The maximum atomic E-state index is 12.3. The SMILES string of the molecule is C[Si]1([O])O[Si](C)(CCC(F)(F)F)O[Si](C)(CCC(F)(F)F)O1. The Morgan fingerprint density at radius 3 is 1.32 bits per heavy atom. The highest BCUT2D eigenvalue weighted by molar-refractivity contribution is 6.91. The highest BCUT2D eigenvalue weighted by Gasteiger charge is 2.59. The van der Waals surface area contributed by atoms with Crippen molar-refractivity contribution in [2.24, 2.45) is 0 Å². The van der Waals surface area contributed by atoms with Gasteiger partial charge in [-0.3, -0.25) is 0 Å². The molecule has 1 saturated heterocycles. The lowest BCUT2D eigenvalue weighted by atomic mass is 10.5. The Morgan fingerprint density at radius 2 is 1.05 bits per heavy atom. The van der Waals surface area contributed by atoms with Crippen molar-refractivity contribution >= 4 is 25.9 Å². The molecule has 0 aromatic rings. The molecule has 1 aliphatic heterocycles. The van der Waals surface area contributed by atoms with Gasteiger partial charge in [0.25, 0.3) is 0 Å². The molecule has 0 bridgehead atoms. The van der Waals surface area contributed by atoms with E-state index in [9.17, 15) is 31.1 Å². The molecule has 0 saturated carbocycles. The van der Waals surface area contributed by atoms with Gasteiger partial charge in [-0.25, -0.2) is 4.80 Å². The van der Waals surface area contributed by atoms with Gasteiger partial charge in [0.15, 0.2) is 0 Å². The van der Waals surface area contributed by atoms with Crippen LogP contribution in [0.15, 0.2) is 0 Å². The van der Waals surface area contributed by atoms with E-state index in [2.05, 4.69) is 0 Å². The fourth-order valence-electron chi connectivity index (χ4n) is 2.25. The largest absolute Gasteiger partial charge is 0.508 e. The summed E-state index contributed by atoms with van der Waals surface area (Å²) < 4.78 is 89.8. The third-order valence-electron chi connectivity index (χ3n) is 2.96. The van der Waals surface area contributed by atoms with E-state index in [1.807, 2.05) is 0 Å². The average molecular weight is 387 g/mol. The molecule has 0 amide bonds. The van der Waals surface area contributed by atoms with Gasteiger partial charge >= 0.3 is 38.3 Å². The standard InChI is InChI=1S/C9H17F6O4Si3/c1-20(6-4-8(10,11)12)17-21(2,7-5-9(13,14)15)19-22(3,16)18-20/h4-7H2,1-3H3. The van der Waals surface area contributed by atoms with Crippen LogP contribution < -0.4 is 0 Å². The van der Waals surface area contributed by atoms with Crippen LogP contribution in [0.3, 0.4) is 0 Å². The maximum absolute atomic E-state index is 12.3. The van der Waals surface area contributed by atoms with Crippen molar-refractivity contribution in [3.63, 3.8) is 0 Å². The smallest absolute Gasteiger partial charge is 0.415 e. The zero-order chi connectivity index (χ0) is 17.4. The molecule has 0 spiro atoms. The molecule has 0 aliphatic carbocycles. The Hall–Kier alpha value is 0.0706. The van der Waals surface area contributed by atoms with Gasteiger partial charge in [0.05, 0.1) is 0 Å². The second-order valence-corrected chi connectivity index (χ2v) is 15.4. The monoisotopic (exact) mass is 387 g/mol. The minimum absolute atomic E-state index is 0.528. The summed E-state index contributed by atoms with van der Waals surface area (Å²) in [5.74, 6) is 0. The lowest BCUT2D eigenvalue weighted by Gasteiger charge is -2.46. The highest BCUT2D eigenvalue weighted by atomic mass is 28.5. The quantitative estimate of drug-likeness (QED) is 0.539. The van der Waals surface area contributed by atoms with Crippen LogP contribution in [0.2, 0.25) is 31.7 Å². The van der Waals surface area contributed by atoms with Crippen molar-refractivity contribution in [1.29, 1.82) is 0 Å². The van der Waals surface area contributed by atoms with Crippen molar-refractivity contribution in [3.05, 3.63) is 0 Å². The van der Waals surface area contributed by atoms with Crippen LogP contribution in [0, 0.1) is 0 Å². The molecular weight excluding hydrogens is 370 g/mol. The lowest BCUT2D eigenvalue weighted by Crippen LogP contribution is -2.67. The molecular formula is C9H17F6O4Si3. The lowest BCUT2D eigenvalue weighted by molar-refractivity contribution is -0.131. The van der Waals surface area contributed by atoms with Crippen LogP contribution in [-0.4, -0.2) is 38.3 Å². The molecule has 2 atom stereocenters. The van der Waals surface area contributed by atoms with E-state index in [0.29, 0.717) is 0 Å². The first kappa shape index (κ1) is 20.1. The summed E-state index contributed by atoms with van der Waals surface area (Å²) in [6.45, 7) is 3.64. The predicted octanol–water partition coefficient (Wildman–Crippen LogP) is 4.10. The molecule has 22 heavy (non-hydrogen) atoms. The van der Waals surface area contributed by atoms with Crippen molar-refractivity contribution in [3.8, 4) is 0 Å². The van der Waals surface area contributed by atoms with E-state index < -0.39 is 63.2 Å². The van der Waals surface area contributed by atoms with E-state index in [0.717, 1.165) is 6.55 Å². The van der Waals surface area contributed by atoms with Crippen LogP contribution in [0.5, 0.6) is 0 Å². The second kappa shape index (κ2) is 6.18. The minimum atomic E-state index is -4.45. The molecule has 0 aromatic heterocycles. The van der Waals surface area contributed by atoms with Gasteiger partial charge in [-0.2, -0.15) is 26.3 Å². The Kier molecular flexibility index (Phi) is 5.65. The van der Waals surface area contributed by atoms with E-state index >= 15 is 0 Å². The Bertz CT molecular complexity index is 370. The highest BCUT2D eigenvalue weighted by Crippen LogP contribution is 2.38. The van der Waals surface area contributed by atoms with E-state index in [-0.39, 0.29) is 0 Å². The molecule has 1 aliphatic rings. The zero-order valence-electron chi connectivity index (χ0n) is 12.2. The van der Waals surface area contributed by atoms with Gasteiger partial charge < -0.3 is 12.3 Å². The van der Waals surface area contributed by atoms with Crippen LogP contribution in [0.25, 0.3) is 0 Å². The van der Waals surface area contributed by atoms with Gasteiger partial charge in [0, 0.05) is 19.4 Å². The average Bonchev–Trinajstić information content (AvgIpc) is 2.19. The van der Waals surface area contributed by atoms with Gasteiger partial charge in [-0.1, -0.05) is 0 Å². The number of rotatable bonds is 4. The van der Waals surface area contributed by atoms with Crippen molar-refractivity contribution < 1.29 is 43.5 Å². The van der Waals surface area contributed by atoms with Gasteiger partial charge in [-0.05, 0) is 25.2 Å². The van der Waals surface area contributed by atoms with Gasteiger partial charge in [0.1, 0.15) is 0 Å². The molecule has 13 heteroatoms. The summed E-state index contributed by atoms with van der Waals surface area (Å²) >= 11 is 0. The van der Waals surface area contributed by atoms with Crippen molar-refractivity contribution in [2.75, 3.05) is 0 Å². The van der Waals surface area contributed by atoms with Crippen LogP contribution in [0.1, 0.15) is 12.8 Å². The molecule has 1 radical (unpaired) electrons. The first-order valence-electron chi connectivity index (χ1n) is 6.48. The van der Waals surface area contributed by atoms with Crippen LogP contribution >= 0.6 is 0 Å². The van der Waals surface area contributed by atoms with E-state index in [1.54, 1.807) is 0 Å². The topological polar surface area (TPSA) is 47.6 Å². The first-order valence-corrected chi connectivity index (χ1v) is 13.7. The van der Waals surface area contributed by atoms with E-state index in [4.69, 9.17) is 12.3 Å². The molecule has 1 fully saturated rings. The maximum Gasteiger partial charge on any atom is 0.508 e. The summed E-state index contributed by atoms with van der Waals surface area (Å²) in [4.78, 5) is 12.1.